The van der Waals surface area contributed by atoms with Crippen LogP contribution in [-0.2, 0) is 17.8 Å². The highest BCUT2D eigenvalue weighted by Gasteiger charge is 2.31. The first-order valence-corrected chi connectivity index (χ1v) is 13.4. The lowest BCUT2D eigenvalue weighted by Crippen LogP contribution is -2.40. The number of hydrogen-bond donors (Lipinski definition) is 0. The number of unbranched alkanes of at least 4 members (excludes halogenated alkanes) is 5. The lowest BCUT2D eigenvalue weighted by Gasteiger charge is -2.19. The number of methoxy groups -OCH3 is 1. The van der Waals surface area contributed by atoms with Gasteiger partial charge in [-0.3, -0.25) is 0 Å². The predicted octanol–water partition coefficient (Wildman–Crippen LogP) is 5.78. The van der Waals surface area contributed by atoms with E-state index in [-0.39, 0.29) is 13.4 Å². The third-order valence-corrected chi connectivity index (χ3v) is 7.66. The molecule has 0 spiro atoms. The Hall–Kier alpha value is -3.27. The van der Waals surface area contributed by atoms with Crippen LogP contribution in [-0.4, -0.2) is 32.2 Å². The molecule has 0 aliphatic carbocycles. The van der Waals surface area contributed by atoms with Crippen molar-refractivity contribution < 1.29 is 33.4 Å². The van der Waals surface area contributed by atoms with Gasteiger partial charge in [-0.2, -0.15) is 4.57 Å². The van der Waals surface area contributed by atoms with Crippen molar-refractivity contribution in [2.45, 2.75) is 51.5 Å². The van der Waals surface area contributed by atoms with Gasteiger partial charge < -0.3 is 23.8 Å². The molecular formula is C27H30BrN2O7+. The SMILES string of the molecule is COc1ccc2c(Br)c3[n+](cc2c1OCCCCCCCCO[N+](=O)[O-])CCc1cc2c(cc1-3)OCO2. The Bertz CT molecular complexity index is 1310. The van der Waals surface area contributed by atoms with Gasteiger partial charge in [-0.1, -0.05) is 25.7 Å². The zero-order chi connectivity index (χ0) is 25.8. The van der Waals surface area contributed by atoms with Crippen LogP contribution in [0.25, 0.3) is 22.0 Å². The zero-order valence-corrected chi connectivity index (χ0v) is 22.4. The summed E-state index contributed by atoms with van der Waals surface area (Å²) >= 11 is 3.90. The van der Waals surface area contributed by atoms with Gasteiger partial charge in [-0.05, 0) is 58.6 Å². The van der Waals surface area contributed by atoms with Crippen molar-refractivity contribution in [3.05, 3.63) is 50.6 Å². The van der Waals surface area contributed by atoms with E-state index in [0.29, 0.717) is 18.8 Å². The van der Waals surface area contributed by atoms with Crippen LogP contribution < -0.4 is 23.5 Å². The second-order valence-electron chi connectivity index (χ2n) is 9.18. The van der Waals surface area contributed by atoms with Gasteiger partial charge >= 0.3 is 0 Å². The second kappa shape index (κ2) is 11.4. The molecule has 2 aromatic carbocycles. The molecule has 1 aromatic heterocycles. The molecule has 0 unspecified atom stereocenters. The number of nitrogens with zero attached hydrogens (tertiary/aromatic N) is 2. The normalized spacial score (nSPS) is 13.2. The van der Waals surface area contributed by atoms with Crippen molar-refractivity contribution in [3.63, 3.8) is 0 Å². The number of ether oxygens (including phenoxy) is 4. The summed E-state index contributed by atoms with van der Waals surface area (Å²) in [6.07, 6.45) is 8.72. The van der Waals surface area contributed by atoms with Crippen LogP contribution in [0.15, 0.2) is 34.9 Å². The molecule has 2 aliphatic rings. The van der Waals surface area contributed by atoms with Crippen LogP contribution in [0.2, 0.25) is 0 Å². The zero-order valence-electron chi connectivity index (χ0n) is 20.8. The lowest BCUT2D eigenvalue weighted by molar-refractivity contribution is -0.757. The molecule has 0 radical (unpaired) electrons. The fourth-order valence-corrected chi connectivity index (χ4v) is 5.80. The molecule has 196 valence electrons. The van der Waals surface area contributed by atoms with Gasteiger partial charge in [0.2, 0.25) is 12.5 Å². The molecule has 0 N–H and O–H groups in total. The maximum atomic E-state index is 10.2. The van der Waals surface area contributed by atoms with E-state index in [4.69, 9.17) is 18.9 Å². The number of aromatic nitrogens is 1. The number of aryl methyl sites for hydroxylation is 2. The Morgan fingerprint density at radius 3 is 2.51 bits per heavy atom. The number of pyridine rings is 1. The molecule has 3 aromatic rings. The summed E-state index contributed by atoms with van der Waals surface area (Å²) in [5.41, 5.74) is 3.51. The van der Waals surface area contributed by atoms with Crippen LogP contribution in [0, 0.1) is 10.1 Å². The van der Waals surface area contributed by atoms with Crippen LogP contribution in [0.4, 0.5) is 0 Å². The standard InChI is InChI=1S/C27H30BrN2O7/c1-33-22-9-8-19-21(27(22)34-12-6-4-2-3-5-7-13-37-30(31)32)16-29-11-10-18-14-23-24(36-17-35-23)15-20(18)26(29)25(19)28/h8-9,14-16H,2-7,10-13,17H2,1H3/q+1. The van der Waals surface area contributed by atoms with E-state index in [2.05, 4.69) is 49.7 Å². The van der Waals surface area contributed by atoms with Gasteiger partial charge in [0.15, 0.2) is 35.7 Å². The van der Waals surface area contributed by atoms with Crippen LogP contribution in [0.3, 0.4) is 0 Å². The van der Waals surface area contributed by atoms with Gasteiger partial charge in [0.1, 0.15) is 0 Å². The fourth-order valence-electron chi connectivity index (χ4n) is 5.01. The summed E-state index contributed by atoms with van der Waals surface area (Å²) in [7, 11) is 1.66. The van der Waals surface area contributed by atoms with E-state index in [1.165, 1.54) is 5.56 Å². The summed E-state index contributed by atoms with van der Waals surface area (Å²) in [5, 5.41) is 11.5. The average molecular weight is 574 g/mol. The highest BCUT2D eigenvalue weighted by atomic mass is 79.9. The predicted molar refractivity (Wildman–Crippen MR) is 140 cm³/mol. The van der Waals surface area contributed by atoms with Crippen LogP contribution in [0.1, 0.15) is 44.1 Å². The number of fused-ring (bicyclic) bond motifs is 5. The van der Waals surface area contributed by atoms with Gasteiger partial charge in [0, 0.05) is 11.8 Å². The molecule has 0 saturated carbocycles. The van der Waals surface area contributed by atoms with E-state index < -0.39 is 5.09 Å². The first kappa shape index (κ1) is 25.4. The second-order valence-corrected chi connectivity index (χ2v) is 9.98. The average Bonchev–Trinajstić information content (AvgIpc) is 3.35. The van der Waals surface area contributed by atoms with Crippen molar-refractivity contribution in [1.82, 2.24) is 0 Å². The summed E-state index contributed by atoms with van der Waals surface area (Å²) in [6.45, 7) is 1.87. The van der Waals surface area contributed by atoms with Gasteiger partial charge in [-0.25, -0.2) is 0 Å². The Morgan fingerprint density at radius 1 is 1.03 bits per heavy atom. The molecule has 10 heteroatoms. The third-order valence-electron chi connectivity index (χ3n) is 6.85. The topological polar surface area (TPSA) is 93.2 Å². The number of hydrogen-bond acceptors (Lipinski definition) is 7. The van der Waals surface area contributed by atoms with Crippen molar-refractivity contribution in [1.29, 1.82) is 0 Å². The minimum atomic E-state index is -0.736. The van der Waals surface area contributed by atoms with Gasteiger partial charge in [0.25, 0.3) is 5.09 Å². The van der Waals surface area contributed by atoms with Crippen molar-refractivity contribution in [2.24, 2.45) is 0 Å². The molecule has 2 aliphatic heterocycles. The first-order valence-electron chi connectivity index (χ1n) is 12.6. The van der Waals surface area contributed by atoms with E-state index in [1.807, 2.05) is 6.07 Å². The Labute approximate surface area is 223 Å². The van der Waals surface area contributed by atoms with Crippen LogP contribution in [0.5, 0.6) is 23.0 Å². The molecule has 3 heterocycles. The van der Waals surface area contributed by atoms with Crippen molar-refractivity contribution >= 4 is 26.7 Å². The molecule has 9 nitrogen and oxygen atoms in total. The van der Waals surface area contributed by atoms with E-state index >= 15 is 0 Å². The molecule has 0 bridgehead atoms. The lowest BCUT2D eigenvalue weighted by atomic mass is 9.95. The van der Waals surface area contributed by atoms with Crippen molar-refractivity contribution in [3.8, 4) is 34.3 Å². The van der Waals surface area contributed by atoms with Gasteiger partial charge in [0.05, 0.1) is 35.7 Å². The molecule has 0 atom stereocenters. The van der Waals surface area contributed by atoms with Crippen molar-refractivity contribution in [2.75, 3.05) is 27.1 Å². The minimum absolute atomic E-state index is 0.171. The Kier molecular flexibility index (Phi) is 7.83. The first-order chi connectivity index (χ1) is 18.1. The van der Waals surface area contributed by atoms with E-state index in [0.717, 1.165) is 88.8 Å². The number of rotatable bonds is 12. The smallest absolute Gasteiger partial charge is 0.294 e. The van der Waals surface area contributed by atoms with Gasteiger partial charge in [-0.15, -0.1) is 10.1 Å². The minimum Gasteiger partial charge on any atom is -0.493 e. The third kappa shape index (κ3) is 5.39. The quantitative estimate of drug-likeness (QED) is 0.117. The molecule has 37 heavy (non-hydrogen) atoms. The maximum absolute atomic E-state index is 10.2. The van der Waals surface area contributed by atoms with Crippen LogP contribution >= 0.6 is 15.9 Å². The molecule has 0 saturated heterocycles. The van der Waals surface area contributed by atoms with E-state index in [9.17, 15) is 10.1 Å². The monoisotopic (exact) mass is 573 g/mol. The molecule has 0 fully saturated rings. The molecule has 0 amide bonds. The maximum Gasteiger partial charge on any atom is 0.294 e. The summed E-state index contributed by atoms with van der Waals surface area (Å²) in [5.74, 6) is 3.06. The Morgan fingerprint density at radius 2 is 1.76 bits per heavy atom. The molecular weight excluding hydrogens is 544 g/mol. The summed E-state index contributed by atoms with van der Waals surface area (Å²) in [4.78, 5) is 14.5. The molecule has 5 rings (SSSR count). The number of halogens is 1. The largest absolute Gasteiger partial charge is 0.493 e. The highest BCUT2D eigenvalue weighted by Crippen LogP contribution is 2.45. The summed E-state index contributed by atoms with van der Waals surface area (Å²) < 4.78 is 26.5. The summed E-state index contributed by atoms with van der Waals surface area (Å²) in [6, 6.07) is 8.20. The van der Waals surface area contributed by atoms with E-state index in [1.54, 1.807) is 7.11 Å². The fraction of sp³-hybridized carbons (Fsp3) is 0.444. The highest BCUT2D eigenvalue weighted by molar-refractivity contribution is 9.10. The Balaban J connectivity index is 1.29. The number of benzene rings is 2.